The first-order valence-electron chi connectivity index (χ1n) is 7.58. The first kappa shape index (κ1) is 17.5. The van der Waals surface area contributed by atoms with Gasteiger partial charge >= 0.3 is 0 Å². The Morgan fingerprint density at radius 3 is 2.80 bits per heavy atom. The smallest absolute Gasteiger partial charge is 0.253 e. The van der Waals surface area contributed by atoms with Crippen molar-refractivity contribution in [2.45, 2.75) is 13.5 Å². The monoisotopic (exact) mass is 417 g/mol. The molecule has 2 N–H and O–H groups in total. The third kappa shape index (κ3) is 3.85. The number of carbonyl (C=O) groups is 1. The van der Waals surface area contributed by atoms with Crippen LogP contribution in [0.4, 0.5) is 0 Å². The van der Waals surface area contributed by atoms with Crippen LogP contribution in [0.15, 0.2) is 40.9 Å². The molecule has 0 radical (unpaired) electrons. The molecule has 0 atom stereocenters. The lowest BCUT2D eigenvalue weighted by atomic mass is 10.1. The number of hydrogen-bond donors (Lipinski definition) is 2. The molecule has 6 nitrogen and oxygen atoms in total. The summed E-state index contributed by atoms with van der Waals surface area (Å²) >= 11 is 8.51. The lowest BCUT2D eigenvalue weighted by molar-refractivity contribution is 0.0948. The Morgan fingerprint density at radius 2 is 2.16 bits per heavy atom. The molecule has 3 aromatic rings. The van der Waals surface area contributed by atoms with Crippen LogP contribution < -0.4 is 5.32 Å². The van der Waals surface area contributed by atoms with E-state index in [-0.39, 0.29) is 12.5 Å². The van der Waals surface area contributed by atoms with Gasteiger partial charge in [0.2, 0.25) is 0 Å². The number of carbonyl (C=O) groups excluding carboxylic acids is 1. The third-order valence-corrected chi connectivity index (χ3v) is 4.69. The number of pyridine rings is 1. The summed E-state index contributed by atoms with van der Waals surface area (Å²) in [6, 6.07) is 11.5. The predicted molar refractivity (Wildman–Crippen MR) is 102 cm³/mol. The molecule has 128 valence electrons. The van der Waals surface area contributed by atoms with Gasteiger partial charge in [0.1, 0.15) is 0 Å². The Bertz CT molecular complexity index is 995. The molecule has 0 saturated carbocycles. The molecule has 0 spiro atoms. The first-order valence-corrected chi connectivity index (χ1v) is 8.78. The normalized spacial score (nSPS) is 10.7. The molecule has 0 aliphatic heterocycles. The van der Waals surface area contributed by atoms with Crippen LogP contribution in [0.25, 0.3) is 11.3 Å². The van der Waals surface area contributed by atoms with E-state index >= 15 is 0 Å². The molecule has 0 fully saturated rings. The zero-order valence-corrected chi connectivity index (χ0v) is 16.1. The number of benzene rings is 1. The molecule has 25 heavy (non-hydrogen) atoms. The Kier molecular flexibility index (Phi) is 5.10. The summed E-state index contributed by atoms with van der Waals surface area (Å²) in [5, 5.41) is 9.61. The Morgan fingerprint density at radius 1 is 1.36 bits per heavy atom. The fraction of sp³-hybridized carbons (Fsp3) is 0.176. The summed E-state index contributed by atoms with van der Waals surface area (Å²) in [5.41, 5.74) is 3.02. The molecule has 0 aliphatic carbocycles. The standard InChI is InChI=1S/C17H16BrN5OS/c1-10-13(16(24)19-9-15-21-22-17(25)23(15)2)6-7-14(20-10)11-4-3-5-12(18)8-11/h3-8H,9H2,1-2H3,(H,19,24)(H,22,25). The van der Waals surface area contributed by atoms with Gasteiger partial charge in [0, 0.05) is 17.1 Å². The number of aromatic nitrogens is 4. The van der Waals surface area contributed by atoms with Crippen molar-refractivity contribution in [1.29, 1.82) is 0 Å². The second-order valence-corrected chi connectivity index (χ2v) is 6.83. The maximum atomic E-state index is 12.4. The SMILES string of the molecule is Cc1nc(-c2cccc(Br)c2)ccc1C(=O)NCc1n[nH]c(=S)n1C. The van der Waals surface area contributed by atoms with E-state index in [1.807, 2.05) is 37.3 Å². The quantitative estimate of drug-likeness (QED) is 0.636. The number of nitrogens with one attached hydrogen (secondary N) is 2. The molecular weight excluding hydrogens is 402 g/mol. The minimum atomic E-state index is -0.195. The fourth-order valence-corrected chi connectivity index (χ4v) is 2.95. The number of rotatable bonds is 4. The number of nitrogens with zero attached hydrogens (tertiary/aromatic N) is 3. The number of hydrogen-bond acceptors (Lipinski definition) is 4. The van der Waals surface area contributed by atoms with Gasteiger partial charge in [-0.15, -0.1) is 0 Å². The minimum Gasteiger partial charge on any atom is -0.345 e. The van der Waals surface area contributed by atoms with Crippen LogP contribution in [0.3, 0.4) is 0 Å². The maximum Gasteiger partial charge on any atom is 0.253 e. The van der Waals surface area contributed by atoms with E-state index in [0.717, 1.165) is 15.7 Å². The van der Waals surface area contributed by atoms with Gasteiger partial charge in [-0.05, 0) is 43.4 Å². The molecule has 1 aromatic carbocycles. The maximum absolute atomic E-state index is 12.4. The minimum absolute atomic E-state index is 0.195. The van der Waals surface area contributed by atoms with Crippen molar-refractivity contribution in [2.75, 3.05) is 0 Å². The summed E-state index contributed by atoms with van der Waals surface area (Å²) in [4.78, 5) is 17.0. The average Bonchev–Trinajstić information content (AvgIpc) is 2.91. The molecule has 3 rings (SSSR count). The largest absolute Gasteiger partial charge is 0.345 e. The number of amides is 1. The van der Waals surface area contributed by atoms with E-state index in [9.17, 15) is 4.79 Å². The highest BCUT2D eigenvalue weighted by molar-refractivity contribution is 9.10. The van der Waals surface area contributed by atoms with Gasteiger partial charge in [0.25, 0.3) is 5.91 Å². The first-order chi connectivity index (χ1) is 12.0. The lowest BCUT2D eigenvalue weighted by Crippen LogP contribution is -2.25. The summed E-state index contributed by atoms with van der Waals surface area (Å²) in [5.74, 6) is 0.467. The molecule has 2 aromatic heterocycles. The van der Waals surface area contributed by atoms with Crippen molar-refractivity contribution in [2.24, 2.45) is 7.05 Å². The topological polar surface area (TPSA) is 75.6 Å². The van der Waals surface area contributed by atoms with Crippen LogP contribution in [0.1, 0.15) is 21.9 Å². The van der Waals surface area contributed by atoms with Crippen LogP contribution >= 0.6 is 28.1 Å². The van der Waals surface area contributed by atoms with Crippen molar-refractivity contribution in [3.05, 3.63) is 62.7 Å². The van der Waals surface area contributed by atoms with Crippen molar-refractivity contribution >= 4 is 34.1 Å². The highest BCUT2D eigenvalue weighted by Crippen LogP contribution is 2.22. The van der Waals surface area contributed by atoms with E-state index in [4.69, 9.17) is 12.2 Å². The van der Waals surface area contributed by atoms with E-state index in [1.54, 1.807) is 17.7 Å². The number of aromatic amines is 1. The molecule has 0 bridgehead atoms. The van der Waals surface area contributed by atoms with Gasteiger partial charge < -0.3 is 9.88 Å². The van der Waals surface area contributed by atoms with E-state index in [2.05, 4.69) is 36.4 Å². The molecule has 0 saturated heterocycles. The highest BCUT2D eigenvalue weighted by Gasteiger charge is 2.12. The Labute approximate surface area is 158 Å². The van der Waals surface area contributed by atoms with Gasteiger partial charge in [0.05, 0.1) is 23.5 Å². The van der Waals surface area contributed by atoms with Gasteiger partial charge in [-0.25, -0.2) is 0 Å². The second-order valence-electron chi connectivity index (χ2n) is 5.53. The van der Waals surface area contributed by atoms with Crippen LogP contribution in [-0.2, 0) is 13.6 Å². The van der Waals surface area contributed by atoms with Gasteiger partial charge in [-0.2, -0.15) is 5.10 Å². The zero-order chi connectivity index (χ0) is 18.0. The number of H-pyrrole nitrogens is 1. The molecule has 1 amide bonds. The van der Waals surface area contributed by atoms with Gasteiger partial charge in [-0.3, -0.25) is 14.9 Å². The fourth-order valence-electron chi connectivity index (χ4n) is 2.40. The molecule has 0 aliphatic rings. The summed E-state index contributed by atoms with van der Waals surface area (Å²) in [6.45, 7) is 2.11. The third-order valence-electron chi connectivity index (χ3n) is 3.83. The molecule has 2 heterocycles. The molecular formula is C17H16BrN5OS. The van der Waals surface area contributed by atoms with Crippen LogP contribution in [0, 0.1) is 11.7 Å². The van der Waals surface area contributed by atoms with Crippen LogP contribution in [0.5, 0.6) is 0 Å². The summed E-state index contributed by atoms with van der Waals surface area (Å²) in [7, 11) is 1.80. The van der Waals surface area contributed by atoms with Gasteiger partial charge in [-0.1, -0.05) is 28.1 Å². The van der Waals surface area contributed by atoms with Gasteiger partial charge in [0.15, 0.2) is 10.6 Å². The molecule has 0 unspecified atom stereocenters. The zero-order valence-electron chi connectivity index (χ0n) is 13.7. The predicted octanol–water partition coefficient (Wildman–Crippen LogP) is 3.54. The number of halogens is 1. The Balaban J connectivity index is 1.77. The highest BCUT2D eigenvalue weighted by atomic mass is 79.9. The van der Waals surface area contributed by atoms with E-state index in [1.165, 1.54) is 0 Å². The summed E-state index contributed by atoms with van der Waals surface area (Å²) in [6.07, 6.45) is 0. The van der Waals surface area contributed by atoms with E-state index < -0.39 is 0 Å². The second kappa shape index (κ2) is 7.28. The Hall–Kier alpha value is -2.32. The van der Waals surface area contributed by atoms with Crippen LogP contribution in [-0.4, -0.2) is 25.7 Å². The van der Waals surface area contributed by atoms with Crippen molar-refractivity contribution < 1.29 is 4.79 Å². The van der Waals surface area contributed by atoms with Crippen LogP contribution in [0.2, 0.25) is 0 Å². The number of aryl methyl sites for hydroxylation is 1. The lowest BCUT2D eigenvalue weighted by Gasteiger charge is -2.09. The summed E-state index contributed by atoms with van der Waals surface area (Å²) < 4.78 is 3.22. The average molecular weight is 418 g/mol. The van der Waals surface area contributed by atoms with Crippen molar-refractivity contribution in [3.8, 4) is 11.3 Å². The molecule has 8 heteroatoms. The van der Waals surface area contributed by atoms with Crippen molar-refractivity contribution in [1.82, 2.24) is 25.1 Å². The van der Waals surface area contributed by atoms with E-state index in [0.29, 0.717) is 21.9 Å². The van der Waals surface area contributed by atoms with Crippen molar-refractivity contribution in [3.63, 3.8) is 0 Å².